The van der Waals surface area contributed by atoms with E-state index in [2.05, 4.69) is 62.4 Å². The number of aromatic amines is 1. The normalized spacial score (nSPS) is 18.9. The summed E-state index contributed by atoms with van der Waals surface area (Å²) in [5.74, 6) is 2.09. The van der Waals surface area contributed by atoms with Gasteiger partial charge in [0.25, 0.3) is 5.56 Å². The van der Waals surface area contributed by atoms with E-state index >= 15 is 0 Å². The minimum atomic E-state index is -0.365. The number of aryl methyl sites for hydroxylation is 1. The van der Waals surface area contributed by atoms with E-state index in [0.29, 0.717) is 17.1 Å². The molecule has 1 N–H and O–H groups in total. The number of nitrogens with zero attached hydrogens (tertiary/aromatic N) is 6. The molecule has 2 aromatic heterocycles. The van der Waals surface area contributed by atoms with Gasteiger partial charge in [0.1, 0.15) is 6.04 Å². The Morgan fingerprint density at radius 1 is 0.975 bits per heavy atom. The Kier molecular flexibility index (Phi) is 6.42. The minimum absolute atomic E-state index is 0.133. The number of aromatic nitrogens is 5. The van der Waals surface area contributed by atoms with Crippen molar-refractivity contribution in [3.63, 3.8) is 0 Å². The molecule has 7 rings (SSSR count). The Bertz CT molecular complexity index is 1600. The van der Waals surface area contributed by atoms with Gasteiger partial charge in [0.15, 0.2) is 17.3 Å². The molecule has 0 bridgehead atoms. The van der Waals surface area contributed by atoms with Crippen molar-refractivity contribution < 1.29 is 9.47 Å². The molecule has 0 spiro atoms. The summed E-state index contributed by atoms with van der Waals surface area (Å²) in [6.07, 6.45) is 5.71. The Morgan fingerprint density at radius 2 is 1.75 bits per heavy atom. The molecule has 10 nitrogen and oxygen atoms in total. The van der Waals surface area contributed by atoms with Crippen LogP contribution in [0.3, 0.4) is 0 Å². The number of pyridine rings is 1. The van der Waals surface area contributed by atoms with Crippen LogP contribution in [0.15, 0.2) is 41.2 Å². The van der Waals surface area contributed by atoms with Crippen LogP contribution in [0.2, 0.25) is 0 Å². The molecule has 0 radical (unpaired) electrons. The number of H-pyrrole nitrogens is 1. The fourth-order valence-electron chi connectivity index (χ4n) is 6.58. The van der Waals surface area contributed by atoms with Gasteiger partial charge in [-0.1, -0.05) is 31.4 Å². The van der Waals surface area contributed by atoms with E-state index < -0.39 is 0 Å². The molecule has 208 valence electrons. The van der Waals surface area contributed by atoms with Gasteiger partial charge >= 0.3 is 0 Å². The van der Waals surface area contributed by atoms with Crippen LogP contribution in [0.4, 0.5) is 5.69 Å². The van der Waals surface area contributed by atoms with Crippen molar-refractivity contribution in [2.75, 3.05) is 37.9 Å². The zero-order valence-electron chi connectivity index (χ0n) is 23.1. The van der Waals surface area contributed by atoms with Gasteiger partial charge in [-0.25, -0.2) is 4.68 Å². The van der Waals surface area contributed by atoms with E-state index in [1.54, 1.807) is 0 Å². The number of fused-ring (bicyclic) bond motifs is 2. The van der Waals surface area contributed by atoms with E-state index in [1.165, 1.54) is 36.1 Å². The van der Waals surface area contributed by atoms with Gasteiger partial charge in [-0.2, -0.15) is 0 Å². The van der Waals surface area contributed by atoms with Crippen LogP contribution < -0.4 is 19.9 Å². The average molecular weight is 542 g/mol. The maximum absolute atomic E-state index is 13.7. The Hall–Kier alpha value is -3.92. The van der Waals surface area contributed by atoms with Crippen molar-refractivity contribution in [2.45, 2.75) is 58.0 Å². The quantitative estimate of drug-likeness (QED) is 0.400. The molecule has 1 atom stereocenters. The SMILES string of the molecule is Cc1cccc(N2CCN([C@@H](c3cc4cc5c(cc4[nH]c3=O)OCO5)c3nnnn3C3CCCCC3)CC2)c1C. The standard InChI is InChI=1S/C30H35N7O3/c1-19-7-6-10-25(20(19)2)35-11-13-36(14-12-35)28(29-32-33-34-37(29)22-8-4-3-5-9-22)23-15-21-16-26-27(40-18-39-26)17-24(21)31-30(23)38/h6-7,10,15-17,22,28H,3-5,8-9,11-14,18H2,1-2H3,(H,31,38)/t28-/m0/s1. The molecule has 4 aromatic rings. The summed E-state index contributed by atoms with van der Waals surface area (Å²) >= 11 is 0. The van der Waals surface area contributed by atoms with Gasteiger partial charge in [-0.05, 0) is 66.4 Å². The summed E-state index contributed by atoms with van der Waals surface area (Å²) in [5.41, 5.74) is 5.14. The number of nitrogens with one attached hydrogen (secondary N) is 1. The highest BCUT2D eigenvalue weighted by atomic mass is 16.7. The highest BCUT2D eigenvalue weighted by Gasteiger charge is 2.35. The average Bonchev–Trinajstić information content (AvgIpc) is 3.64. The van der Waals surface area contributed by atoms with Crippen molar-refractivity contribution in [1.82, 2.24) is 30.1 Å². The van der Waals surface area contributed by atoms with E-state index in [0.717, 1.165) is 55.7 Å². The van der Waals surface area contributed by atoms with Crippen molar-refractivity contribution in [2.24, 2.45) is 0 Å². The zero-order chi connectivity index (χ0) is 27.2. The lowest BCUT2D eigenvalue weighted by atomic mass is 9.95. The lowest BCUT2D eigenvalue weighted by Gasteiger charge is -2.40. The smallest absolute Gasteiger partial charge is 0.253 e. The number of rotatable bonds is 5. The number of piperazine rings is 1. The van der Waals surface area contributed by atoms with Gasteiger partial charge in [-0.3, -0.25) is 9.69 Å². The maximum Gasteiger partial charge on any atom is 0.253 e. The molecule has 2 aromatic carbocycles. The number of tetrazole rings is 1. The summed E-state index contributed by atoms with van der Waals surface area (Å²) < 4.78 is 13.2. The lowest BCUT2D eigenvalue weighted by molar-refractivity contribution is 0.174. The maximum atomic E-state index is 13.7. The summed E-state index contributed by atoms with van der Waals surface area (Å²) in [7, 11) is 0. The first-order valence-electron chi connectivity index (χ1n) is 14.4. The molecule has 2 aliphatic heterocycles. The van der Waals surface area contributed by atoms with E-state index in [1.807, 2.05) is 22.9 Å². The van der Waals surface area contributed by atoms with Crippen molar-refractivity contribution in [1.29, 1.82) is 0 Å². The van der Waals surface area contributed by atoms with Crippen molar-refractivity contribution >= 4 is 16.6 Å². The van der Waals surface area contributed by atoms with Crippen LogP contribution in [0.1, 0.15) is 66.7 Å². The third kappa shape index (κ3) is 4.40. The third-order valence-corrected chi connectivity index (χ3v) is 8.94. The molecule has 2 fully saturated rings. The summed E-state index contributed by atoms with van der Waals surface area (Å²) in [4.78, 5) is 21.7. The second-order valence-electron chi connectivity index (χ2n) is 11.3. The molecular formula is C30H35N7O3. The van der Waals surface area contributed by atoms with Crippen LogP contribution >= 0.6 is 0 Å². The number of ether oxygens (including phenoxy) is 2. The largest absolute Gasteiger partial charge is 0.454 e. The van der Waals surface area contributed by atoms with Crippen LogP contribution in [-0.2, 0) is 0 Å². The Labute approximate surface area is 232 Å². The van der Waals surface area contributed by atoms with E-state index in [4.69, 9.17) is 9.47 Å². The summed E-state index contributed by atoms with van der Waals surface area (Å²) in [6, 6.07) is 12.2. The van der Waals surface area contributed by atoms with E-state index in [9.17, 15) is 4.79 Å². The number of benzene rings is 2. The molecule has 10 heteroatoms. The lowest BCUT2D eigenvalue weighted by Crippen LogP contribution is -2.49. The fraction of sp³-hybridized carbons (Fsp3) is 0.467. The second-order valence-corrected chi connectivity index (χ2v) is 11.3. The summed E-state index contributed by atoms with van der Waals surface area (Å²) in [6.45, 7) is 7.83. The summed E-state index contributed by atoms with van der Waals surface area (Å²) in [5, 5.41) is 14.1. The fourth-order valence-corrected chi connectivity index (χ4v) is 6.58. The minimum Gasteiger partial charge on any atom is -0.454 e. The molecule has 3 aliphatic rings. The van der Waals surface area contributed by atoms with Crippen LogP contribution in [-0.4, -0.2) is 63.1 Å². The van der Waals surface area contributed by atoms with E-state index in [-0.39, 0.29) is 24.4 Å². The second kappa shape index (κ2) is 10.2. The van der Waals surface area contributed by atoms with Crippen molar-refractivity contribution in [3.8, 4) is 11.5 Å². The molecule has 0 unspecified atom stereocenters. The predicted molar refractivity (Wildman–Crippen MR) is 152 cm³/mol. The molecule has 40 heavy (non-hydrogen) atoms. The monoisotopic (exact) mass is 541 g/mol. The van der Waals surface area contributed by atoms with Gasteiger partial charge in [0.2, 0.25) is 6.79 Å². The van der Waals surface area contributed by atoms with Crippen LogP contribution in [0.5, 0.6) is 11.5 Å². The first-order chi connectivity index (χ1) is 19.6. The number of anilines is 1. The highest BCUT2D eigenvalue weighted by Crippen LogP contribution is 2.37. The molecule has 4 heterocycles. The predicted octanol–water partition coefficient (Wildman–Crippen LogP) is 4.28. The molecule has 1 saturated carbocycles. The first-order valence-corrected chi connectivity index (χ1v) is 14.4. The van der Waals surface area contributed by atoms with Crippen LogP contribution in [0.25, 0.3) is 10.9 Å². The van der Waals surface area contributed by atoms with Crippen LogP contribution in [0, 0.1) is 13.8 Å². The molecule has 1 aliphatic carbocycles. The molecule has 0 amide bonds. The Morgan fingerprint density at radius 3 is 2.55 bits per heavy atom. The van der Waals surface area contributed by atoms with Gasteiger partial charge < -0.3 is 19.4 Å². The number of hydrogen-bond acceptors (Lipinski definition) is 8. The van der Waals surface area contributed by atoms with Crippen molar-refractivity contribution in [3.05, 3.63) is 69.3 Å². The molecule has 1 saturated heterocycles. The van der Waals surface area contributed by atoms with Gasteiger partial charge in [-0.15, -0.1) is 5.10 Å². The third-order valence-electron chi connectivity index (χ3n) is 8.94. The van der Waals surface area contributed by atoms with Gasteiger partial charge in [0, 0.05) is 48.9 Å². The topological polar surface area (TPSA) is 101 Å². The zero-order valence-corrected chi connectivity index (χ0v) is 23.1. The number of hydrogen-bond donors (Lipinski definition) is 1. The first kappa shape index (κ1) is 25.1. The molecular weight excluding hydrogens is 506 g/mol. The Balaban J connectivity index is 1.28. The van der Waals surface area contributed by atoms with Gasteiger partial charge in [0.05, 0.1) is 11.6 Å². The highest BCUT2D eigenvalue weighted by molar-refractivity contribution is 5.83.